The number of rotatable bonds is 13. The molecule has 48 heavy (non-hydrogen) atoms. The second-order valence-electron chi connectivity index (χ2n) is 12.0. The largest absolute Gasteiger partial charge is 0.481 e. The first kappa shape index (κ1) is 34.2. The third-order valence-corrected chi connectivity index (χ3v) is 8.68. The van der Waals surface area contributed by atoms with Crippen molar-refractivity contribution < 1.29 is 43.3 Å². The van der Waals surface area contributed by atoms with Gasteiger partial charge in [-0.25, -0.2) is 9.48 Å². The second-order valence-corrected chi connectivity index (χ2v) is 12.0. The van der Waals surface area contributed by atoms with Gasteiger partial charge in [-0.15, -0.1) is 0 Å². The van der Waals surface area contributed by atoms with Crippen LogP contribution in [0, 0.1) is 5.92 Å². The van der Waals surface area contributed by atoms with Gasteiger partial charge in [0.1, 0.15) is 6.04 Å². The number of amides is 5. The van der Waals surface area contributed by atoms with E-state index in [1.165, 1.54) is 25.4 Å². The zero-order valence-electron chi connectivity index (χ0n) is 26.8. The van der Waals surface area contributed by atoms with Crippen molar-refractivity contribution in [2.24, 2.45) is 5.92 Å². The Bertz CT molecular complexity index is 1500. The quantitative estimate of drug-likeness (QED) is 0.273. The van der Waals surface area contributed by atoms with Crippen LogP contribution in [0.15, 0.2) is 36.4 Å². The summed E-state index contributed by atoms with van der Waals surface area (Å²) in [4.78, 5) is 80.1. The van der Waals surface area contributed by atoms with Crippen LogP contribution in [0.1, 0.15) is 49.5 Å². The summed E-state index contributed by atoms with van der Waals surface area (Å²) < 4.78 is 12.2. The molecule has 1 aliphatic carbocycles. The van der Waals surface area contributed by atoms with E-state index in [1.807, 2.05) is 0 Å². The van der Waals surface area contributed by atoms with E-state index in [0.29, 0.717) is 18.8 Å². The number of nitrogens with zero attached hydrogens (tertiary/aromatic N) is 5. The minimum atomic E-state index is -1.17. The van der Waals surface area contributed by atoms with E-state index < -0.39 is 29.9 Å². The molecule has 258 valence electrons. The molecule has 5 rings (SSSR count). The maximum atomic E-state index is 13.5. The number of aliphatic carboxylic acids is 1. The molecule has 0 bridgehead atoms. The van der Waals surface area contributed by atoms with E-state index in [1.54, 1.807) is 37.3 Å². The van der Waals surface area contributed by atoms with Crippen molar-refractivity contribution in [1.82, 2.24) is 35.1 Å². The van der Waals surface area contributed by atoms with Crippen LogP contribution in [0.3, 0.4) is 0 Å². The summed E-state index contributed by atoms with van der Waals surface area (Å²) in [6.45, 7) is 3.02. The number of carbonyl (C=O) groups is 6. The van der Waals surface area contributed by atoms with Crippen molar-refractivity contribution in [2.75, 3.05) is 52.5 Å². The van der Waals surface area contributed by atoms with Crippen LogP contribution in [0.2, 0.25) is 0 Å². The van der Waals surface area contributed by atoms with Crippen molar-refractivity contribution in [1.29, 1.82) is 0 Å². The van der Waals surface area contributed by atoms with Gasteiger partial charge in [0, 0.05) is 57.8 Å². The molecule has 1 atom stereocenters. The second kappa shape index (κ2) is 15.6. The van der Waals surface area contributed by atoms with Gasteiger partial charge in [0.05, 0.1) is 18.2 Å². The van der Waals surface area contributed by atoms with Gasteiger partial charge in [-0.05, 0) is 44.7 Å². The number of aromatic nitrogens is 2. The highest BCUT2D eigenvalue weighted by Crippen LogP contribution is 2.23. The Labute approximate surface area is 277 Å². The summed E-state index contributed by atoms with van der Waals surface area (Å²) in [6.07, 6.45) is 2.08. The molecule has 0 spiro atoms. The van der Waals surface area contributed by atoms with E-state index >= 15 is 0 Å². The number of carbonyl (C=O) groups excluding carboxylic acids is 5. The molecule has 2 saturated heterocycles. The number of nitrogens with one attached hydrogen (secondary N) is 2. The average molecular weight is 668 g/mol. The highest BCUT2D eigenvalue weighted by Gasteiger charge is 2.37. The molecule has 0 radical (unpaired) electrons. The molecule has 2 aromatic rings. The first-order chi connectivity index (χ1) is 23.1. The van der Waals surface area contributed by atoms with Crippen LogP contribution in [0.5, 0.6) is 5.88 Å². The molecular formula is C32H41N7O9. The maximum Gasteiger partial charge on any atom is 0.409 e. The smallest absolute Gasteiger partial charge is 0.409 e. The van der Waals surface area contributed by atoms with Gasteiger partial charge in [-0.2, -0.15) is 5.10 Å². The molecule has 1 aromatic heterocycles. The third-order valence-electron chi connectivity index (χ3n) is 8.68. The Morgan fingerprint density at radius 3 is 2.29 bits per heavy atom. The monoisotopic (exact) mass is 667 g/mol. The number of hydrogen-bond donors (Lipinski definition) is 3. The van der Waals surface area contributed by atoms with Gasteiger partial charge in [0.2, 0.25) is 17.7 Å². The normalized spacial score (nSPS) is 17.1. The van der Waals surface area contributed by atoms with Gasteiger partial charge < -0.3 is 39.9 Å². The van der Waals surface area contributed by atoms with Crippen LogP contribution >= 0.6 is 0 Å². The van der Waals surface area contributed by atoms with Gasteiger partial charge in [0.25, 0.3) is 11.8 Å². The van der Waals surface area contributed by atoms with Crippen LogP contribution in [0.25, 0.3) is 5.69 Å². The van der Waals surface area contributed by atoms with Gasteiger partial charge in [-0.1, -0.05) is 18.2 Å². The molecule has 3 N–H and O–H groups in total. The molecule has 1 aromatic carbocycles. The predicted octanol–water partition coefficient (Wildman–Crippen LogP) is 0.642. The van der Waals surface area contributed by atoms with Crippen LogP contribution in [0.4, 0.5) is 4.79 Å². The number of benzene rings is 1. The number of carboxylic acid groups (broad SMARTS) is 1. The molecule has 0 unspecified atom stereocenters. The number of hydrogen-bond acceptors (Lipinski definition) is 9. The number of ether oxygens (including phenoxy) is 2. The highest BCUT2D eigenvalue weighted by atomic mass is 16.6. The fourth-order valence-corrected chi connectivity index (χ4v) is 5.58. The summed E-state index contributed by atoms with van der Waals surface area (Å²) >= 11 is 0. The van der Waals surface area contributed by atoms with Crippen molar-refractivity contribution in [3.8, 4) is 11.6 Å². The van der Waals surface area contributed by atoms with Crippen molar-refractivity contribution in [3.63, 3.8) is 0 Å². The van der Waals surface area contributed by atoms with Crippen LogP contribution in [-0.2, 0) is 23.9 Å². The first-order valence-electron chi connectivity index (χ1n) is 16.2. The summed E-state index contributed by atoms with van der Waals surface area (Å²) in [5.74, 6) is -2.86. The molecule has 3 heterocycles. The van der Waals surface area contributed by atoms with Crippen molar-refractivity contribution in [2.45, 2.75) is 51.1 Å². The number of para-hydroxylation sites is 1. The SMILES string of the molecule is CCOC(=O)N1CCN(C(=O)[C@H](CCC(=O)O)NC(=O)c2cc(OCC(=O)N3CC(C(=O)NC4CCC4)C3)n(-c3ccccc3)n2)CC1. The van der Waals surface area contributed by atoms with E-state index in [-0.39, 0.29) is 87.6 Å². The van der Waals surface area contributed by atoms with E-state index in [9.17, 15) is 33.9 Å². The molecule has 3 aliphatic rings. The summed E-state index contributed by atoms with van der Waals surface area (Å²) in [6, 6.07) is 9.21. The average Bonchev–Trinajstić information content (AvgIpc) is 3.48. The van der Waals surface area contributed by atoms with Gasteiger partial charge in [0.15, 0.2) is 12.3 Å². The number of likely N-dealkylation sites (tertiary alicyclic amines) is 1. The van der Waals surface area contributed by atoms with Crippen molar-refractivity contribution >= 4 is 35.7 Å². The lowest BCUT2D eigenvalue weighted by Gasteiger charge is -2.39. The Balaban J connectivity index is 1.23. The lowest BCUT2D eigenvalue weighted by atomic mass is 9.91. The fourth-order valence-electron chi connectivity index (χ4n) is 5.58. The maximum absolute atomic E-state index is 13.5. The highest BCUT2D eigenvalue weighted by molar-refractivity contribution is 5.96. The lowest BCUT2D eigenvalue weighted by Crippen LogP contribution is -2.58. The van der Waals surface area contributed by atoms with Crippen molar-refractivity contribution in [3.05, 3.63) is 42.1 Å². The van der Waals surface area contributed by atoms with E-state index in [0.717, 1.165) is 19.3 Å². The van der Waals surface area contributed by atoms with E-state index in [2.05, 4.69) is 15.7 Å². The molecule has 3 fully saturated rings. The standard InChI is InChI=1S/C32H41N7O9/c1-2-47-32(46)37-15-13-36(14-16-37)31(45)24(11-12-28(41)42)34-30(44)25-17-27(39(35-25)23-9-4-3-5-10-23)48-20-26(40)38-18-21(19-38)29(43)33-22-7-6-8-22/h3-5,9-10,17,21-22,24H,2,6-8,11-16,18-20H2,1H3,(H,33,43)(H,34,44)(H,41,42)/t24-/m0/s1. The molecule has 16 nitrogen and oxygen atoms in total. The zero-order valence-corrected chi connectivity index (χ0v) is 26.8. The van der Waals surface area contributed by atoms with Crippen LogP contribution in [-0.4, -0.2) is 130 Å². The van der Waals surface area contributed by atoms with Gasteiger partial charge >= 0.3 is 12.1 Å². The summed E-state index contributed by atoms with van der Waals surface area (Å²) in [5.41, 5.74) is 0.437. The molecule has 16 heteroatoms. The number of carboxylic acids is 1. The minimum Gasteiger partial charge on any atom is -0.481 e. The zero-order chi connectivity index (χ0) is 34.2. The topological polar surface area (TPSA) is 193 Å². The van der Waals surface area contributed by atoms with E-state index in [4.69, 9.17) is 9.47 Å². The number of piperazine rings is 1. The summed E-state index contributed by atoms with van der Waals surface area (Å²) in [7, 11) is 0. The predicted molar refractivity (Wildman–Crippen MR) is 168 cm³/mol. The van der Waals surface area contributed by atoms with Gasteiger partial charge in [-0.3, -0.25) is 24.0 Å². The Morgan fingerprint density at radius 2 is 1.67 bits per heavy atom. The fraction of sp³-hybridized carbons (Fsp3) is 0.531. The molecule has 5 amide bonds. The van der Waals surface area contributed by atoms with Crippen LogP contribution < -0.4 is 15.4 Å². The summed E-state index contributed by atoms with van der Waals surface area (Å²) in [5, 5.41) is 19.3. The molecular weight excluding hydrogens is 626 g/mol. The molecule has 2 aliphatic heterocycles. The first-order valence-corrected chi connectivity index (χ1v) is 16.2. The Morgan fingerprint density at radius 1 is 0.979 bits per heavy atom. The molecule has 1 saturated carbocycles. The third kappa shape index (κ3) is 8.41. The lowest BCUT2D eigenvalue weighted by molar-refractivity contribution is -0.145. The Kier molecular flexibility index (Phi) is 11.1. The minimum absolute atomic E-state index is 0.0402. The Hall–Kier alpha value is -5.15.